The molecule has 1 atom stereocenters. The van der Waals surface area contributed by atoms with Gasteiger partial charge < -0.3 is 15.7 Å². The van der Waals surface area contributed by atoms with Crippen LogP contribution < -0.4 is 5.73 Å². The van der Waals surface area contributed by atoms with Crippen molar-refractivity contribution in [3.05, 3.63) is 0 Å². The Morgan fingerprint density at radius 2 is 1.62 bits per heavy atom. The van der Waals surface area contributed by atoms with Gasteiger partial charge in [-0.05, 0) is 51.5 Å². The van der Waals surface area contributed by atoms with Gasteiger partial charge >= 0.3 is 5.97 Å². The predicted molar refractivity (Wildman–Crippen MR) is 85.0 cm³/mol. The van der Waals surface area contributed by atoms with Crippen LogP contribution in [-0.2, 0) is 9.59 Å². The van der Waals surface area contributed by atoms with Crippen molar-refractivity contribution in [1.82, 2.24) is 4.90 Å². The molecule has 5 nitrogen and oxygen atoms in total. The number of hydrogen-bond acceptors (Lipinski definition) is 3. The van der Waals surface area contributed by atoms with Gasteiger partial charge in [0, 0.05) is 12.0 Å². The largest absolute Gasteiger partial charge is 0.480 e. The average Bonchev–Trinajstić information content (AvgIpc) is 2.27. The minimum absolute atomic E-state index is 0.0962. The molecule has 0 aliphatic rings. The van der Waals surface area contributed by atoms with Crippen molar-refractivity contribution >= 4 is 11.9 Å². The fourth-order valence-corrected chi connectivity index (χ4v) is 2.48. The first-order valence-electron chi connectivity index (χ1n) is 7.62. The maximum absolute atomic E-state index is 12.4. The van der Waals surface area contributed by atoms with Crippen molar-refractivity contribution < 1.29 is 14.7 Å². The summed E-state index contributed by atoms with van der Waals surface area (Å²) in [4.78, 5) is 24.8. The number of carbonyl (C=O) groups is 2. The SMILES string of the molecule is CC(C)(C)C(CCN)CCC(=O)N(CC(=O)O)C(C)(C)C. The van der Waals surface area contributed by atoms with E-state index < -0.39 is 11.5 Å². The summed E-state index contributed by atoms with van der Waals surface area (Å²) in [5.74, 6) is -0.720. The zero-order valence-corrected chi connectivity index (χ0v) is 14.4. The lowest BCUT2D eigenvalue weighted by Crippen LogP contribution is -2.48. The summed E-state index contributed by atoms with van der Waals surface area (Å²) in [7, 11) is 0. The summed E-state index contributed by atoms with van der Waals surface area (Å²) in [6.07, 6.45) is 1.99. The Kier molecular flexibility index (Phi) is 7.37. The molecule has 0 aromatic rings. The van der Waals surface area contributed by atoms with E-state index in [2.05, 4.69) is 20.8 Å². The summed E-state index contributed by atoms with van der Waals surface area (Å²) < 4.78 is 0. The molecule has 0 fully saturated rings. The second-order valence-corrected chi connectivity index (χ2v) is 7.72. The van der Waals surface area contributed by atoms with Crippen LogP contribution in [0.3, 0.4) is 0 Å². The van der Waals surface area contributed by atoms with Crippen LogP contribution in [-0.4, -0.2) is 40.5 Å². The molecule has 0 saturated carbocycles. The first-order chi connectivity index (χ1) is 9.39. The minimum atomic E-state index is -0.979. The second kappa shape index (κ2) is 7.78. The Labute approximate surface area is 128 Å². The van der Waals surface area contributed by atoms with Gasteiger partial charge in [0.1, 0.15) is 6.54 Å². The number of carbonyl (C=O) groups excluding carboxylic acids is 1. The maximum Gasteiger partial charge on any atom is 0.323 e. The smallest absolute Gasteiger partial charge is 0.323 e. The Hall–Kier alpha value is -1.10. The molecule has 0 spiro atoms. The monoisotopic (exact) mass is 300 g/mol. The van der Waals surface area contributed by atoms with Gasteiger partial charge in [-0.3, -0.25) is 9.59 Å². The minimum Gasteiger partial charge on any atom is -0.480 e. The van der Waals surface area contributed by atoms with E-state index in [1.54, 1.807) is 0 Å². The van der Waals surface area contributed by atoms with E-state index in [-0.39, 0.29) is 17.9 Å². The number of nitrogens with zero attached hydrogens (tertiary/aromatic N) is 1. The quantitative estimate of drug-likeness (QED) is 0.756. The van der Waals surface area contributed by atoms with Crippen LogP contribution in [0.2, 0.25) is 0 Å². The van der Waals surface area contributed by atoms with E-state index in [1.807, 2.05) is 20.8 Å². The molecule has 1 amide bonds. The lowest BCUT2D eigenvalue weighted by Gasteiger charge is -2.36. The number of amides is 1. The molecule has 124 valence electrons. The van der Waals surface area contributed by atoms with E-state index in [1.165, 1.54) is 4.90 Å². The highest BCUT2D eigenvalue weighted by molar-refractivity contribution is 5.82. The van der Waals surface area contributed by atoms with Gasteiger partial charge in [-0.25, -0.2) is 0 Å². The van der Waals surface area contributed by atoms with Crippen molar-refractivity contribution in [3.63, 3.8) is 0 Å². The fourth-order valence-electron chi connectivity index (χ4n) is 2.48. The maximum atomic E-state index is 12.4. The van der Waals surface area contributed by atoms with Gasteiger partial charge in [-0.2, -0.15) is 0 Å². The van der Waals surface area contributed by atoms with Crippen LogP contribution in [0.4, 0.5) is 0 Å². The second-order valence-electron chi connectivity index (χ2n) is 7.72. The number of aliphatic carboxylic acids is 1. The lowest BCUT2D eigenvalue weighted by molar-refractivity contribution is -0.148. The van der Waals surface area contributed by atoms with Crippen LogP contribution in [0.1, 0.15) is 60.8 Å². The highest BCUT2D eigenvalue weighted by Crippen LogP contribution is 2.32. The van der Waals surface area contributed by atoms with Gasteiger partial charge in [0.05, 0.1) is 0 Å². The third-order valence-electron chi connectivity index (χ3n) is 3.85. The Morgan fingerprint density at radius 3 is 1.95 bits per heavy atom. The van der Waals surface area contributed by atoms with Crippen LogP contribution in [0.15, 0.2) is 0 Å². The van der Waals surface area contributed by atoms with Gasteiger partial charge in [-0.1, -0.05) is 20.8 Å². The molecule has 0 heterocycles. The molecule has 0 aromatic carbocycles. The van der Waals surface area contributed by atoms with Crippen molar-refractivity contribution in [2.24, 2.45) is 17.1 Å². The molecule has 1 unspecified atom stereocenters. The molecular formula is C16H32N2O3. The van der Waals surface area contributed by atoms with Crippen LogP contribution in [0, 0.1) is 11.3 Å². The van der Waals surface area contributed by atoms with Crippen LogP contribution >= 0.6 is 0 Å². The van der Waals surface area contributed by atoms with Crippen molar-refractivity contribution in [2.75, 3.05) is 13.1 Å². The number of hydrogen-bond donors (Lipinski definition) is 2. The number of carboxylic acid groups (broad SMARTS) is 1. The Bertz CT molecular complexity index is 354. The first kappa shape index (κ1) is 19.9. The summed E-state index contributed by atoms with van der Waals surface area (Å²) in [6.45, 7) is 12.4. The zero-order chi connectivity index (χ0) is 16.8. The first-order valence-corrected chi connectivity index (χ1v) is 7.62. The van der Waals surface area contributed by atoms with Crippen molar-refractivity contribution in [1.29, 1.82) is 0 Å². The molecule has 3 N–H and O–H groups in total. The van der Waals surface area contributed by atoms with Crippen LogP contribution in [0.25, 0.3) is 0 Å². The van der Waals surface area contributed by atoms with E-state index in [0.717, 1.165) is 12.8 Å². The molecule has 21 heavy (non-hydrogen) atoms. The van der Waals surface area contributed by atoms with Gasteiger partial charge in [0.2, 0.25) is 5.91 Å². The number of nitrogens with two attached hydrogens (primary N) is 1. The van der Waals surface area contributed by atoms with E-state index >= 15 is 0 Å². The van der Waals surface area contributed by atoms with E-state index in [4.69, 9.17) is 10.8 Å². The van der Waals surface area contributed by atoms with Crippen molar-refractivity contribution in [3.8, 4) is 0 Å². The molecule has 0 rings (SSSR count). The molecule has 0 saturated heterocycles. The van der Waals surface area contributed by atoms with Gasteiger partial charge in [0.15, 0.2) is 0 Å². The predicted octanol–water partition coefficient (Wildman–Crippen LogP) is 2.49. The summed E-state index contributed by atoms with van der Waals surface area (Å²) in [5, 5.41) is 8.98. The standard InChI is InChI=1S/C16H32N2O3/c1-15(2,3)12(9-10-17)7-8-13(19)18(11-14(20)21)16(4,5)6/h12H,7-11,17H2,1-6H3,(H,20,21). The molecule has 0 aromatic heterocycles. The highest BCUT2D eigenvalue weighted by Gasteiger charge is 2.30. The zero-order valence-electron chi connectivity index (χ0n) is 14.4. The molecular weight excluding hydrogens is 268 g/mol. The summed E-state index contributed by atoms with van der Waals surface area (Å²) in [5.41, 5.74) is 5.27. The van der Waals surface area contributed by atoms with E-state index in [9.17, 15) is 9.59 Å². The van der Waals surface area contributed by atoms with Gasteiger partial charge in [-0.15, -0.1) is 0 Å². The summed E-state index contributed by atoms with van der Waals surface area (Å²) in [6, 6.07) is 0. The Morgan fingerprint density at radius 1 is 1.10 bits per heavy atom. The van der Waals surface area contributed by atoms with Gasteiger partial charge in [0.25, 0.3) is 0 Å². The Balaban J connectivity index is 4.79. The highest BCUT2D eigenvalue weighted by atomic mass is 16.4. The third kappa shape index (κ3) is 7.46. The molecule has 5 heteroatoms. The summed E-state index contributed by atoms with van der Waals surface area (Å²) >= 11 is 0. The number of rotatable bonds is 7. The number of carboxylic acids is 1. The van der Waals surface area contributed by atoms with Crippen LogP contribution in [0.5, 0.6) is 0 Å². The third-order valence-corrected chi connectivity index (χ3v) is 3.85. The average molecular weight is 300 g/mol. The molecule has 0 radical (unpaired) electrons. The normalized spacial score (nSPS) is 13.9. The lowest BCUT2D eigenvalue weighted by atomic mass is 9.76. The molecule has 0 bridgehead atoms. The topological polar surface area (TPSA) is 83.6 Å². The van der Waals surface area contributed by atoms with E-state index in [0.29, 0.717) is 18.9 Å². The molecule has 0 aliphatic carbocycles. The molecule has 0 aliphatic heterocycles. The fraction of sp³-hybridized carbons (Fsp3) is 0.875. The van der Waals surface area contributed by atoms with Crippen molar-refractivity contribution in [2.45, 2.75) is 66.3 Å².